The maximum absolute atomic E-state index is 13.3. The van der Waals surface area contributed by atoms with Crippen molar-refractivity contribution in [2.24, 2.45) is 10.3 Å². The van der Waals surface area contributed by atoms with Gasteiger partial charge in [0.05, 0.1) is 6.54 Å². The molecule has 18 heteroatoms. The molecule has 1 aromatic heterocycles. The number of oxime groups is 1. The van der Waals surface area contributed by atoms with Crippen LogP contribution in [0.15, 0.2) is 51.7 Å². The number of hydrogen-bond donors (Lipinski definition) is 4. The molecule has 1 fully saturated rings. The highest BCUT2D eigenvalue weighted by Gasteiger charge is 2.54. The van der Waals surface area contributed by atoms with Crippen LogP contribution in [0.2, 0.25) is 0 Å². The molecule has 0 spiro atoms. The first-order valence-corrected chi connectivity index (χ1v) is 15.1. The van der Waals surface area contributed by atoms with Crippen LogP contribution in [-0.2, 0) is 24.0 Å². The van der Waals surface area contributed by atoms with E-state index in [-0.39, 0.29) is 34.1 Å². The Kier molecular flexibility index (Phi) is 8.91. The van der Waals surface area contributed by atoms with Crippen molar-refractivity contribution in [3.8, 4) is 0 Å². The molecule has 4 aliphatic rings. The lowest BCUT2D eigenvalue weighted by Gasteiger charge is -2.49. The predicted octanol–water partition coefficient (Wildman–Crippen LogP) is 0.704. The number of allylic oxidation sites excluding steroid dienone is 1. The third-order valence-electron chi connectivity index (χ3n) is 6.13. The summed E-state index contributed by atoms with van der Waals surface area (Å²) in [6.45, 7) is 4.20. The standard InChI is InChI=1S/C23H25N9O6S3/c1-2-7-30-11-25-32(29-30)41-9-13-8-39-21-17(20(35)31(21)18(13)22(36)37)27-19(34)16(28-38-14-5-3-4-6-14)15-10-40-23(26-15)24-12-33/h2-3,5,10-12,14,17,21,29H,1,4,6-9H2,(H,27,34)(H,36,37)(H,24,26,33)/t14?,17?,21-/m1/s1. The summed E-state index contributed by atoms with van der Waals surface area (Å²) < 4.78 is 1.49. The van der Waals surface area contributed by atoms with Crippen LogP contribution in [0.3, 0.4) is 0 Å². The van der Waals surface area contributed by atoms with Crippen molar-refractivity contribution in [3.05, 3.63) is 47.2 Å². The Labute approximate surface area is 246 Å². The van der Waals surface area contributed by atoms with Gasteiger partial charge in [0.25, 0.3) is 11.8 Å². The Morgan fingerprint density at radius 1 is 1.41 bits per heavy atom. The lowest BCUT2D eigenvalue weighted by Crippen LogP contribution is -2.71. The SMILES string of the molecule is C=CCN1C=NN(SCC2=C(C(=O)O)N3C(=O)C(NC(=O)C(=NOC4C=CCC4)c4csc(NC=O)n4)[C@H]3SC2)N1. The number of rotatable bonds is 13. The van der Waals surface area contributed by atoms with E-state index < -0.39 is 29.2 Å². The van der Waals surface area contributed by atoms with E-state index >= 15 is 0 Å². The molecule has 3 amide bonds. The molecule has 0 radical (unpaired) electrons. The van der Waals surface area contributed by atoms with E-state index in [1.807, 2.05) is 12.2 Å². The Hall–Kier alpha value is -3.87. The monoisotopic (exact) mass is 619 g/mol. The summed E-state index contributed by atoms with van der Waals surface area (Å²) in [5.41, 5.74) is 3.44. The van der Waals surface area contributed by atoms with Crippen LogP contribution < -0.4 is 16.2 Å². The molecule has 1 aliphatic carbocycles. The van der Waals surface area contributed by atoms with Gasteiger partial charge in [-0.1, -0.05) is 17.3 Å². The summed E-state index contributed by atoms with van der Waals surface area (Å²) in [5.74, 6) is -1.87. The predicted molar refractivity (Wildman–Crippen MR) is 154 cm³/mol. The number of hydrazone groups is 1. The fourth-order valence-corrected chi connectivity index (χ4v) is 7.14. The molecule has 5 rings (SSSR count). The second kappa shape index (κ2) is 12.8. The first-order chi connectivity index (χ1) is 19.9. The van der Waals surface area contributed by atoms with Gasteiger partial charge in [-0.3, -0.25) is 24.3 Å². The molecule has 3 aliphatic heterocycles. The second-order valence-electron chi connectivity index (χ2n) is 8.83. The molecule has 3 atom stereocenters. The third-order valence-corrected chi connectivity index (χ3v) is 9.14. The van der Waals surface area contributed by atoms with Gasteiger partial charge in [-0.15, -0.1) is 44.8 Å². The van der Waals surface area contributed by atoms with Gasteiger partial charge in [-0.05, 0) is 36.4 Å². The first-order valence-electron chi connectivity index (χ1n) is 12.3. The highest BCUT2D eigenvalue weighted by molar-refractivity contribution is 8.00. The quantitative estimate of drug-likeness (QED) is 0.0607. The number of aliphatic carboxylic acids is 1. The highest BCUT2D eigenvalue weighted by atomic mass is 32.2. The number of carboxylic acid groups (broad SMARTS) is 1. The van der Waals surface area contributed by atoms with Gasteiger partial charge >= 0.3 is 5.97 Å². The van der Waals surface area contributed by atoms with E-state index in [1.54, 1.807) is 17.4 Å². The van der Waals surface area contributed by atoms with Crippen LogP contribution in [0, 0.1) is 0 Å². The van der Waals surface area contributed by atoms with Crippen molar-refractivity contribution in [1.82, 2.24) is 30.3 Å². The van der Waals surface area contributed by atoms with Crippen molar-refractivity contribution in [2.75, 3.05) is 23.4 Å². The number of nitrogens with one attached hydrogen (secondary N) is 3. The molecule has 0 aromatic carbocycles. The van der Waals surface area contributed by atoms with E-state index in [4.69, 9.17) is 4.84 Å². The van der Waals surface area contributed by atoms with Gasteiger partial charge in [-0.2, -0.15) is 0 Å². The summed E-state index contributed by atoms with van der Waals surface area (Å²) in [5, 5.41) is 26.1. The maximum Gasteiger partial charge on any atom is 0.352 e. The molecule has 1 aromatic rings. The minimum absolute atomic E-state index is 0.0998. The molecule has 4 heterocycles. The molecule has 2 unspecified atom stereocenters. The fourth-order valence-electron chi connectivity index (χ4n) is 4.22. The number of thiazole rings is 1. The fraction of sp³-hybridized carbons (Fsp3) is 0.348. The van der Waals surface area contributed by atoms with E-state index in [0.717, 1.165) is 17.8 Å². The van der Waals surface area contributed by atoms with E-state index in [9.17, 15) is 24.3 Å². The Balaban J connectivity index is 1.27. The van der Waals surface area contributed by atoms with Crippen molar-refractivity contribution in [2.45, 2.75) is 30.4 Å². The zero-order chi connectivity index (χ0) is 28.9. The van der Waals surface area contributed by atoms with E-state index in [2.05, 4.69) is 38.0 Å². The summed E-state index contributed by atoms with van der Waals surface area (Å²) in [6, 6.07) is -0.976. The number of carboxylic acids is 1. The Morgan fingerprint density at radius 3 is 3.00 bits per heavy atom. The smallest absolute Gasteiger partial charge is 0.352 e. The zero-order valence-corrected chi connectivity index (χ0v) is 23.8. The highest BCUT2D eigenvalue weighted by Crippen LogP contribution is 2.41. The van der Waals surface area contributed by atoms with Crippen LogP contribution in [-0.4, -0.2) is 96.3 Å². The molecular formula is C23H25N9O6S3. The molecule has 41 heavy (non-hydrogen) atoms. The minimum Gasteiger partial charge on any atom is -0.477 e. The normalized spacial score (nSPS) is 23.4. The number of thioether (sulfide) groups is 1. The van der Waals surface area contributed by atoms with Gasteiger partial charge in [-0.25, -0.2) is 9.78 Å². The average molecular weight is 620 g/mol. The number of hydrazine groups is 2. The molecular weight excluding hydrogens is 595 g/mol. The molecule has 15 nitrogen and oxygen atoms in total. The number of fused-ring (bicyclic) bond motifs is 1. The third kappa shape index (κ3) is 6.24. The zero-order valence-electron chi connectivity index (χ0n) is 21.3. The number of β-lactam (4-membered cyclic amide) rings is 1. The van der Waals surface area contributed by atoms with Gasteiger partial charge in [0.1, 0.15) is 35.2 Å². The van der Waals surface area contributed by atoms with Crippen molar-refractivity contribution in [1.29, 1.82) is 0 Å². The lowest BCUT2D eigenvalue weighted by molar-refractivity contribution is -0.150. The van der Waals surface area contributed by atoms with Crippen molar-refractivity contribution >= 4 is 76.4 Å². The number of aromatic nitrogens is 1. The largest absolute Gasteiger partial charge is 0.477 e. The molecule has 4 N–H and O–H groups in total. The van der Waals surface area contributed by atoms with Crippen LogP contribution >= 0.6 is 35.0 Å². The van der Waals surface area contributed by atoms with Crippen molar-refractivity contribution in [3.63, 3.8) is 0 Å². The van der Waals surface area contributed by atoms with E-state index in [0.29, 0.717) is 30.7 Å². The lowest BCUT2D eigenvalue weighted by atomic mass is 10.0. The number of anilines is 1. The Morgan fingerprint density at radius 2 is 2.27 bits per heavy atom. The molecule has 0 saturated carbocycles. The average Bonchev–Trinajstić information content (AvgIpc) is 3.74. The number of hydrogen-bond acceptors (Lipinski definition) is 14. The number of carbonyl (C=O) groups excluding carboxylic acids is 3. The minimum atomic E-state index is -1.23. The molecule has 216 valence electrons. The van der Waals surface area contributed by atoms with Crippen LogP contribution in [0.25, 0.3) is 0 Å². The van der Waals surface area contributed by atoms with Gasteiger partial charge in [0.15, 0.2) is 10.8 Å². The van der Waals surface area contributed by atoms with Gasteiger partial charge < -0.3 is 20.6 Å². The van der Waals surface area contributed by atoms with E-state index in [1.165, 1.54) is 38.5 Å². The van der Waals surface area contributed by atoms with Gasteiger partial charge in [0, 0.05) is 16.9 Å². The van der Waals surface area contributed by atoms with Crippen LogP contribution in [0.5, 0.6) is 0 Å². The van der Waals surface area contributed by atoms with Crippen molar-refractivity contribution < 1.29 is 29.1 Å². The number of amides is 3. The molecule has 1 saturated heterocycles. The summed E-state index contributed by atoms with van der Waals surface area (Å²) in [4.78, 5) is 60.4. The van der Waals surface area contributed by atoms with Crippen LogP contribution in [0.1, 0.15) is 18.5 Å². The van der Waals surface area contributed by atoms with Gasteiger partial charge in [0.2, 0.25) is 6.41 Å². The Bertz CT molecular complexity index is 1360. The summed E-state index contributed by atoms with van der Waals surface area (Å²) in [7, 11) is 0. The van der Waals surface area contributed by atoms with Crippen LogP contribution in [0.4, 0.5) is 5.13 Å². The molecule has 0 bridgehead atoms. The second-order valence-corrected chi connectivity index (χ2v) is 11.7. The maximum atomic E-state index is 13.3. The number of carbonyl (C=O) groups is 4. The first kappa shape index (κ1) is 28.7. The number of nitrogens with zero attached hydrogens (tertiary/aromatic N) is 6. The summed E-state index contributed by atoms with van der Waals surface area (Å²) in [6.07, 6.45) is 8.77. The summed E-state index contributed by atoms with van der Waals surface area (Å²) >= 11 is 3.69. The topological polar surface area (TPSA) is 181 Å².